The molecule has 1 amide bonds. The summed E-state index contributed by atoms with van der Waals surface area (Å²) in [5, 5.41) is 0. The Morgan fingerprint density at radius 3 is 2.33 bits per heavy atom. The second kappa shape index (κ2) is 13.8. The Morgan fingerprint density at radius 2 is 1.78 bits per heavy atom. The van der Waals surface area contributed by atoms with Gasteiger partial charge in [0.2, 0.25) is 0 Å². The summed E-state index contributed by atoms with van der Waals surface area (Å²) >= 11 is 0. The van der Waals surface area contributed by atoms with E-state index in [-0.39, 0.29) is 30.3 Å². The van der Waals surface area contributed by atoms with Crippen molar-refractivity contribution in [3.05, 3.63) is 53.6 Å². The van der Waals surface area contributed by atoms with Crippen LogP contribution >= 0.6 is 0 Å². The van der Waals surface area contributed by atoms with Gasteiger partial charge in [-0.1, -0.05) is 13.8 Å². The van der Waals surface area contributed by atoms with Gasteiger partial charge >= 0.3 is 5.97 Å². The predicted octanol–water partition coefficient (Wildman–Crippen LogP) is 3.13. The molecule has 1 aromatic rings. The zero-order chi connectivity index (χ0) is 26.7. The van der Waals surface area contributed by atoms with Crippen molar-refractivity contribution in [2.75, 3.05) is 39.8 Å². The minimum absolute atomic E-state index is 0.00469. The van der Waals surface area contributed by atoms with E-state index in [2.05, 4.69) is 0 Å². The Balaban J connectivity index is 0.00000222. The third-order valence-corrected chi connectivity index (χ3v) is 6.33. The van der Waals surface area contributed by atoms with Crippen LogP contribution < -0.4 is 16.2 Å². The molecule has 36 heavy (non-hydrogen) atoms. The summed E-state index contributed by atoms with van der Waals surface area (Å²) in [6.45, 7) is 6.12. The van der Waals surface area contributed by atoms with Gasteiger partial charge in [0.1, 0.15) is 23.2 Å². The zero-order valence-electron chi connectivity index (χ0n) is 21.3. The van der Waals surface area contributed by atoms with Crippen LogP contribution in [0.25, 0.3) is 0 Å². The molecule has 0 radical (unpaired) electrons. The number of hydrogen-bond acceptors (Lipinski definition) is 7. The number of esters is 1. The number of benzene rings is 1. The van der Waals surface area contributed by atoms with Gasteiger partial charge in [0.05, 0.1) is 7.11 Å². The third kappa shape index (κ3) is 7.43. The first-order valence-corrected chi connectivity index (χ1v) is 12.3. The number of piperidine rings is 2. The summed E-state index contributed by atoms with van der Waals surface area (Å²) in [6, 6.07) is 3.66. The molecular weight excluding hydrogens is 470 g/mol. The van der Waals surface area contributed by atoms with E-state index >= 15 is 4.39 Å². The van der Waals surface area contributed by atoms with E-state index < -0.39 is 23.4 Å². The summed E-state index contributed by atoms with van der Waals surface area (Å²) in [4.78, 5) is 28.5. The number of ether oxygens (including phenoxy) is 2. The highest BCUT2D eigenvalue weighted by molar-refractivity contribution is 5.92. The van der Waals surface area contributed by atoms with E-state index in [0.717, 1.165) is 11.6 Å². The predicted molar refractivity (Wildman–Crippen MR) is 134 cm³/mol. The Morgan fingerprint density at radius 1 is 1.14 bits per heavy atom. The molecule has 200 valence electrons. The molecule has 0 bridgehead atoms. The van der Waals surface area contributed by atoms with Crippen LogP contribution in [0, 0.1) is 5.82 Å². The summed E-state index contributed by atoms with van der Waals surface area (Å²) in [7, 11) is 1.21. The van der Waals surface area contributed by atoms with Gasteiger partial charge in [-0.05, 0) is 42.2 Å². The van der Waals surface area contributed by atoms with E-state index in [4.69, 9.17) is 20.9 Å². The molecule has 0 aliphatic carbocycles. The van der Waals surface area contributed by atoms with Crippen LogP contribution in [0.4, 0.5) is 8.78 Å². The molecule has 2 aliphatic heterocycles. The molecule has 0 spiro atoms. The zero-order valence-corrected chi connectivity index (χ0v) is 21.3. The average Bonchev–Trinajstić information content (AvgIpc) is 2.91. The summed E-state index contributed by atoms with van der Waals surface area (Å²) < 4.78 is 39.7. The van der Waals surface area contributed by atoms with Crippen LogP contribution in [0.5, 0.6) is 5.75 Å². The molecule has 1 aromatic carbocycles. The number of amides is 1. The lowest BCUT2D eigenvalue weighted by Crippen LogP contribution is -2.54. The van der Waals surface area contributed by atoms with Gasteiger partial charge in [0, 0.05) is 58.4 Å². The van der Waals surface area contributed by atoms with Crippen molar-refractivity contribution < 1.29 is 27.8 Å². The number of hydrogen-bond donors (Lipinski definition) is 2. The maximum atomic E-state index is 15.5. The average molecular weight is 509 g/mol. The second-order valence-corrected chi connectivity index (χ2v) is 8.58. The number of likely N-dealkylation sites (tertiary alicyclic amines) is 2. The number of alkyl halides is 1. The smallest absolute Gasteiger partial charge is 0.341 e. The van der Waals surface area contributed by atoms with Crippen molar-refractivity contribution in [2.24, 2.45) is 11.5 Å². The molecule has 0 aromatic heterocycles. The Kier molecular flexibility index (Phi) is 11.2. The van der Waals surface area contributed by atoms with E-state index in [1.807, 2.05) is 18.7 Å². The van der Waals surface area contributed by atoms with Crippen molar-refractivity contribution in [2.45, 2.75) is 51.3 Å². The lowest BCUT2D eigenvalue weighted by atomic mass is 9.90. The van der Waals surface area contributed by atoms with Gasteiger partial charge < -0.3 is 25.8 Å². The van der Waals surface area contributed by atoms with Crippen LogP contribution in [-0.4, -0.2) is 73.3 Å². The summed E-state index contributed by atoms with van der Waals surface area (Å²) in [5.41, 5.74) is 9.95. The number of rotatable bonds is 7. The van der Waals surface area contributed by atoms with Gasteiger partial charge in [0.25, 0.3) is 5.91 Å². The molecule has 2 aliphatic rings. The van der Waals surface area contributed by atoms with Gasteiger partial charge in [0.15, 0.2) is 5.67 Å². The maximum Gasteiger partial charge on any atom is 0.341 e. The molecule has 8 nitrogen and oxygen atoms in total. The fourth-order valence-electron chi connectivity index (χ4n) is 4.34. The molecule has 2 saturated heterocycles. The normalized spacial score (nSPS) is 18.9. The quantitative estimate of drug-likeness (QED) is 0.430. The molecule has 0 unspecified atom stereocenters. The first-order valence-electron chi connectivity index (χ1n) is 12.3. The number of nitrogens with zero attached hydrogens (tertiary/aromatic N) is 2. The van der Waals surface area contributed by atoms with Crippen molar-refractivity contribution in [3.63, 3.8) is 0 Å². The van der Waals surface area contributed by atoms with Crippen LogP contribution in [0.1, 0.15) is 49.9 Å². The summed E-state index contributed by atoms with van der Waals surface area (Å²) in [5.74, 6) is -1.53. The molecular formula is C26H38F2N4O4. The van der Waals surface area contributed by atoms with Gasteiger partial charge in [-0.3, -0.25) is 9.69 Å². The van der Waals surface area contributed by atoms with Crippen LogP contribution in [0.15, 0.2) is 42.2 Å². The monoisotopic (exact) mass is 508 g/mol. The lowest BCUT2D eigenvalue weighted by molar-refractivity contribution is -0.149. The fourth-order valence-corrected chi connectivity index (χ4v) is 4.34. The molecule has 4 N–H and O–H groups in total. The van der Waals surface area contributed by atoms with Crippen molar-refractivity contribution in [3.8, 4) is 5.75 Å². The van der Waals surface area contributed by atoms with E-state index in [0.29, 0.717) is 45.6 Å². The van der Waals surface area contributed by atoms with Crippen molar-refractivity contribution in [1.29, 1.82) is 0 Å². The Hall–Kier alpha value is -3.14. The third-order valence-electron chi connectivity index (χ3n) is 6.33. The van der Waals surface area contributed by atoms with Crippen molar-refractivity contribution >= 4 is 11.9 Å². The number of methoxy groups -OCH3 is 1. The van der Waals surface area contributed by atoms with Gasteiger partial charge in [-0.2, -0.15) is 0 Å². The summed E-state index contributed by atoms with van der Waals surface area (Å²) in [6.07, 6.45) is 5.48. The number of carbonyl (C=O) groups excluding carboxylic acids is 2. The van der Waals surface area contributed by atoms with E-state index in [1.165, 1.54) is 31.6 Å². The molecule has 3 rings (SSSR count). The lowest BCUT2D eigenvalue weighted by Gasteiger charge is -2.40. The highest BCUT2D eigenvalue weighted by atomic mass is 19.1. The Labute approximate surface area is 211 Å². The SMILES string of the molecule is CC.COC(=O)c1cc(F)ccc1OC1CCN(C(=O)C2(F)CCN(CC(/C=C\N)=C/N)CC2)CC1. The van der Waals surface area contributed by atoms with Crippen LogP contribution in [0.2, 0.25) is 0 Å². The number of halogens is 2. The van der Waals surface area contributed by atoms with Gasteiger partial charge in [-0.25, -0.2) is 13.6 Å². The fraction of sp³-hybridized carbons (Fsp3) is 0.538. The Bertz CT molecular complexity index is 938. The van der Waals surface area contributed by atoms with E-state index in [1.54, 1.807) is 11.0 Å². The van der Waals surface area contributed by atoms with Crippen molar-refractivity contribution in [1.82, 2.24) is 9.80 Å². The highest BCUT2D eigenvalue weighted by Gasteiger charge is 2.44. The minimum atomic E-state index is -1.89. The second-order valence-electron chi connectivity index (χ2n) is 8.58. The number of nitrogens with two attached hydrogens (primary N) is 2. The maximum absolute atomic E-state index is 15.5. The standard InChI is InChI=1S/C24H32F2N4O4.C2H6/c1-33-22(31)20-14-18(25)2-3-21(20)34-19-5-10-30(11-6-19)23(32)24(26)7-12-29(13-8-24)16-17(15-28)4-9-27;1-2/h2-4,9,14-15,19H,5-8,10-13,16,27-28H2,1H3;1-2H3/b9-4-,17-15+;. The number of carbonyl (C=O) groups is 2. The highest BCUT2D eigenvalue weighted by Crippen LogP contribution is 2.31. The first-order chi connectivity index (χ1) is 17.3. The largest absolute Gasteiger partial charge is 0.489 e. The van der Waals surface area contributed by atoms with Gasteiger partial charge in [-0.15, -0.1) is 0 Å². The molecule has 10 heteroatoms. The molecule has 0 saturated carbocycles. The van der Waals surface area contributed by atoms with Crippen LogP contribution in [-0.2, 0) is 9.53 Å². The van der Waals surface area contributed by atoms with Crippen LogP contribution in [0.3, 0.4) is 0 Å². The minimum Gasteiger partial charge on any atom is -0.489 e. The molecule has 2 fully saturated rings. The molecule has 2 heterocycles. The topological polar surface area (TPSA) is 111 Å². The first kappa shape index (κ1) is 29.1. The van der Waals surface area contributed by atoms with E-state index in [9.17, 15) is 14.0 Å². The molecule has 0 atom stereocenters.